The number of hydrogen-bond donors (Lipinski definition) is 2. The molecule has 1 aliphatic carbocycles. The maximum Gasteiger partial charge on any atom is 0.407 e. The molecule has 1 heterocycles. The number of amides is 3. The van der Waals surface area contributed by atoms with E-state index in [1.807, 2.05) is 62.4 Å². The zero-order chi connectivity index (χ0) is 29.6. The second-order valence-corrected chi connectivity index (χ2v) is 10.6. The van der Waals surface area contributed by atoms with E-state index in [9.17, 15) is 24.0 Å². The van der Waals surface area contributed by atoms with Crippen molar-refractivity contribution in [3.8, 4) is 11.1 Å². The predicted molar refractivity (Wildman–Crippen MR) is 146 cm³/mol. The van der Waals surface area contributed by atoms with Crippen LogP contribution in [0.5, 0.6) is 0 Å². The molecule has 0 unspecified atom stereocenters. The van der Waals surface area contributed by atoms with Gasteiger partial charge in [0.05, 0.1) is 5.92 Å². The number of fused-ring (bicyclic) bond motifs is 3. The number of nitrogens with one attached hydrogen (secondary N) is 1. The summed E-state index contributed by atoms with van der Waals surface area (Å²) in [6, 6.07) is 14.9. The number of rotatable bonds is 8. The summed E-state index contributed by atoms with van der Waals surface area (Å²) >= 11 is 0. The van der Waals surface area contributed by atoms with Crippen molar-refractivity contribution in [2.45, 2.75) is 59.4 Å². The summed E-state index contributed by atoms with van der Waals surface area (Å²) in [5.41, 5.74) is 4.38. The van der Waals surface area contributed by atoms with Crippen molar-refractivity contribution in [1.29, 1.82) is 0 Å². The Bertz CT molecular complexity index is 1210. The molecule has 214 valence electrons. The van der Waals surface area contributed by atoms with Crippen LogP contribution < -0.4 is 5.32 Å². The summed E-state index contributed by atoms with van der Waals surface area (Å²) in [5, 5.41) is 11.3. The van der Waals surface area contributed by atoms with Crippen LogP contribution in [0.2, 0.25) is 0 Å². The first-order chi connectivity index (χ1) is 18.9. The van der Waals surface area contributed by atoms with Crippen molar-refractivity contribution in [3.05, 3.63) is 59.7 Å². The highest BCUT2D eigenvalue weighted by molar-refractivity contribution is 6.01. The van der Waals surface area contributed by atoms with Gasteiger partial charge in [-0.1, -0.05) is 83.1 Å². The lowest BCUT2D eigenvalue weighted by atomic mass is 9.98. The summed E-state index contributed by atoms with van der Waals surface area (Å²) in [7, 11) is 0. The molecule has 40 heavy (non-hydrogen) atoms. The minimum atomic E-state index is -1.08. The maximum atomic E-state index is 12.5. The van der Waals surface area contributed by atoms with Gasteiger partial charge in [-0.2, -0.15) is 0 Å². The normalized spacial score (nSPS) is 15.6. The average Bonchev–Trinajstić information content (AvgIpc) is 3.41. The Morgan fingerprint density at radius 1 is 0.875 bits per heavy atom. The van der Waals surface area contributed by atoms with E-state index in [1.54, 1.807) is 20.8 Å². The molecule has 0 bridgehead atoms. The Kier molecular flexibility index (Phi) is 10.0. The number of nitrogens with zero attached hydrogens (tertiary/aromatic N) is 1. The predicted octanol–water partition coefficient (Wildman–Crippen LogP) is 4.52. The molecule has 10 heteroatoms. The van der Waals surface area contributed by atoms with Gasteiger partial charge in [0.1, 0.15) is 12.6 Å². The fourth-order valence-corrected chi connectivity index (χ4v) is 4.35. The molecular weight excluding hydrogens is 516 g/mol. The van der Waals surface area contributed by atoms with Crippen molar-refractivity contribution in [1.82, 2.24) is 10.4 Å². The molecular formula is C30H36N2O8. The number of ether oxygens (including phenoxy) is 1. The number of benzene rings is 2. The van der Waals surface area contributed by atoms with E-state index in [4.69, 9.17) is 14.7 Å². The summed E-state index contributed by atoms with van der Waals surface area (Å²) in [6.45, 7) is 9.04. The van der Waals surface area contributed by atoms with E-state index in [0.29, 0.717) is 5.06 Å². The molecule has 10 nitrogen and oxygen atoms in total. The van der Waals surface area contributed by atoms with Gasteiger partial charge in [0.15, 0.2) is 0 Å². The van der Waals surface area contributed by atoms with Gasteiger partial charge < -0.3 is 20.0 Å². The zero-order valence-corrected chi connectivity index (χ0v) is 23.4. The molecule has 2 aromatic carbocycles. The zero-order valence-electron chi connectivity index (χ0n) is 23.4. The van der Waals surface area contributed by atoms with Crippen LogP contribution in [0.15, 0.2) is 48.5 Å². The number of carboxylic acid groups (broad SMARTS) is 1. The number of aliphatic carboxylic acids is 1. The topological polar surface area (TPSA) is 139 Å². The molecule has 1 saturated heterocycles. The monoisotopic (exact) mass is 552 g/mol. The molecule has 0 spiro atoms. The van der Waals surface area contributed by atoms with Gasteiger partial charge >= 0.3 is 18.0 Å². The van der Waals surface area contributed by atoms with E-state index < -0.39 is 35.9 Å². The molecule has 0 saturated carbocycles. The van der Waals surface area contributed by atoms with E-state index in [1.165, 1.54) is 0 Å². The van der Waals surface area contributed by atoms with Gasteiger partial charge in [-0.15, -0.1) is 5.06 Å². The second kappa shape index (κ2) is 13.2. The van der Waals surface area contributed by atoms with E-state index in [-0.39, 0.29) is 43.1 Å². The van der Waals surface area contributed by atoms with E-state index >= 15 is 0 Å². The number of carboxylic acids is 1. The standard InChI is InChI=1S/C24H24N2O6.C6H12O2/c1-14(2)22(23(29)32-26-20(27)11-12-21(26)28)25-24(30)31-13-19-17-9-5-3-7-15(17)16-8-4-6-10-18(16)19;1-4(2)5(3)6(7)8/h3-10,14,19,22H,11-13H2,1-2H3,(H,25,30);4-5H,1-3H3,(H,7,8)/t22-;5-/m00/s1. The molecule has 2 aliphatic rings. The number of hydrogen-bond acceptors (Lipinski definition) is 7. The SMILES string of the molecule is CC(C)[C@H](C)C(=O)O.CC(C)[C@H](NC(=O)OCC1c2ccccc2-c2ccccc21)C(=O)ON1C(=O)CCC1=O. The van der Waals surface area contributed by atoms with Gasteiger partial charge in [0.25, 0.3) is 11.8 Å². The van der Waals surface area contributed by atoms with Gasteiger partial charge in [-0.05, 0) is 34.1 Å². The third kappa shape index (κ3) is 7.05. The molecule has 4 rings (SSSR count). The lowest BCUT2D eigenvalue weighted by molar-refractivity contribution is -0.199. The summed E-state index contributed by atoms with van der Waals surface area (Å²) in [4.78, 5) is 63.5. The Hall–Kier alpha value is -4.21. The molecule has 1 aliphatic heterocycles. The third-order valence-electron chi connectivity index (χ3n) is 7.11. The quantitative estimate of drug-likeness (QED) is 0.456. The van der Waals surface area contributed by atoms with Crippen LogP contribution >= 0.6 is 0 Å². The van der Waals surface area contributed by atoms with Gasteiger partial charge in [0.2, 0.25) is 0 Å². The van der Waals surface area contributed by atoms with Crippen molar-refractivity contribution in [2.75, 3.05) is 6.61 Å². The summed E-state index contributed by atoms with van der Waals surface area (Å²) in [6.07, 6.45) is -0.780. The van der Waals surface area contributed by atoms with Gasteiger partial charge in [-0.25, -0.2) is 9.59 Å². The third-order valence-corrected chi connectivity index (χ3v) is 7.11. The van der Waals surface area contributed by atoms with Gasteiger partial charge in [-0.3, -0.25) is 14.4 Å². The fraction of sp³-hybridized carbons (Fsp3) is 0.433. The van der Waals surface area contributed by atoms with Crippen LogP contribution in [0, 0.1) is 17.8 Å². The van der Waals surface area contributed by atoms with E-state index in [0.717, 1.165) is 22.3 Å². The minimum absolute atomic E-state index is 0.00172. The largest absolute Gasteiger partial charge is 0.481 e. The second-order valence-electron chi connectivity index (χ2n) is 10.6. The van der Waals surface area contributed by atoms with Crippen molar-refractivity contribution < 1.29 is 38.7 Å². The molecule has 2 atom stereocenters. The Labute approximate surface area is 233 Å². The highest BCUT2D eigenvalue weighted by Gasteiger charge is 2.37. The first-order valence-electron chi connectivity index (χ1n) is 13.3. The highest BCUT2D eigenvalue weighted by Crippen LogP contribution is 2.44. The number of hydroxylamine groups is 2. The maximum absolute atomic E-state index is 12.5. The van der Waals surface area contributed by atoms with Crippen molar-refractivity contribution >= 4 is 29.8 Å². The van der Waals surface area contributed by atoms with Crippen LogP contribution in [-0.4, -0.2) is 52.7 Å². The molecule has 2 N–H and O–H groups in total. The van der Waals surface area contributed by atoms with E-state index in [2.05, 4.69) is 5.32 Å². The number of alkyl carbamates (subject to hydrolysis) is 1. The van der Waals surface area contributed by atoms with Crippen LogP contribution in [0.3, 0.4) is 0 Å². The summed E-state index contributed by atoms with van der Waals surface area (Å²) < 4.78 is 5.48. The molecule has 3 amide bonds. The Morgan fingerprint density at radius 3 is 1.80 bits per heavy atom. The molecule has 0 aromatic heterocycles. The summed E-state index contributed by atoms with van der Waals surface area (Å²) in [5.74, 6) is -3.19. The lowest BCUT2D eigenvalue weighted by Crippen LogP contribution is -2.48. The number of carbonyl (C=O) groups excluding carboxylic acids is 4. The number of imide groups is 1. The Balaban J connectivity index is 0.000000482. The van der Waals surface area contributed by atoms with Crippen LogP contribution in [0.4, 0.5) is 4.79 Å². The van der Waals surface area contributed by atoms with Crippen molar-refractivity contribution in [3.63, 3.8) is 0 Å². The van der Waals surface area contributed by atoms with Crippen LogP contribution in [0.25, 0.3) is 11.1 Å². The first kappa shape index (κ1) is 30.3. The Morgan fingerprint density at radius 2 is 1.38 bits per heavy atom. The lowest BCUT2D eigenvalue weighted by Gasteiger charge is -2.23. The molecule has 2 aromatic rings. The minimum Gasteiger partial charge on any atom is -0.481 e. The van der Waals surface area contributed by atoms with Gasteiger partial charge in [0, 0.05) is 18.8 Å². The molecule has 0 radical (unpaired) electrons. The van der Waals surface area contributed by atoms with Crippen LogP contribution in [0.1, 0.15) is 64.5 Å². The highest BCUT2D eigenvalue weighted by atomic mass is 16.7. The van der Waals surface area contributed by atoms with Crippen molar-refractivity contribution in [2.24, 2.45) is 17.8 Å². The number of carbonyl (C=O) groups is 5. The van der Waals surface area contributed by atoms with Crippen LogP contribution in [-0.2, 0) is 28.8 Å². The average molecular weight is 553 g/mol. The first-order valence-corrected chi connectivity index (χ1v) is 13.3. The fourth-order valence-electron chi connectivity index (χ4n) is 4.35. The molecule has 1 fully saturated rings. The smallest absolute Gasteiger partial charge is 0.407 e.